The van der Waals surface area contributed by atoms with Gasteiger partial charge in [0.15, 0.2) is 9.47 Å². The zero-order valence-corrected chi connectivity index (χ0v) is 16.5. The van der Waals surface area contributed by atoms with Crippen LogP contribution in [0.2, 0.25) is 0 Å². The fraction of sp³-hybridized carbons (Fsp3) is 0.353. The Labute approximate surface area is 163 Å². The first-order valence-electron chi connectivity index (χ1n) is 8.29. The standard InChI is InChI=1S/C17H18N4O2S3/c22-15(11-25-17-19-13-3-1-2-4-14(13)26-17)20-16-18-12(10-24-16)9-21-5-7-23-8-6-21/h1-4,10H,5-9,11H2,(H,18,20,22). The average molecular weight is 407 g/mol. The Balaban J connectivity index is 1.27. The van der Waals surface area contributed by atoms with Crippen molar-refractivity contribution >= 4 is 55.7 Å². The van der Waals surface area contributed by atoms with Crippen LogP contribution < -0.4 is 5.32 Å². The lowest BCUT2D eigenvalue weighted by molar-refractivity contribution is -0.113. The molecule has 1 fully saturated rings. The van der Waals surface area contributed by atoms with Gasteiger partial charge in [-0.3, -0.25) is 9.69 Å². The number of fused-ring (bicyclic) bond motifs is 1. The van der Waals surface area contributed by atoms with Crippen LogP contribution >= 0.6 is 34.4 Å². The van der Waals surface area contributed by atoms with E-state index in [1.807, 2.05) is 29.6 Å². The van der Waals surface area contributed by atoms with Crippen LogP contribution in [0.15, 0.2) is 34.0 Å². The van der Waals surface area contributed by atoms with Crippen molar-refractivity contribution in [1.29, 1.82) is 0 Å². The highest BCUT2D eigenvalue weighted by molar-refractivity contribution is 8.01. The summed E-state index contributed by atoms with van der Waals surface area (Å²) in [5, 5.41) is 5.55. The normalized spacial score (nSPS) is 15.4. The maximum absolute atomic E-state index is 12.2. The molecule has 0 saturated carbocycles. The van der Waals surface area contributed by atoms with Gasteiger partial charge in [-0.2, -0.15) is 0 Å². The number of ether oxygens (including phenoxy) is 1. The highest BCUT2D eigenvalue weighted by Crippen LogP contribution is 2.29. The first-order valence-corrected chi connectivity index (χ1v) is 11.0. The zero-order chi connectivity index (χ0) is 17.8. The Hall–Kier alpha value is -1.52. The van der Waals surface area contributed by atoms with Gasteiger partial charge >= 0.3 is 0 Å². The number of morpholine rings is 1. The second-order valence-corrected chi connectivity index (χ2v) is 8.93. The van der Waals surface area contributed by atoms with E-state index in [2.05, 4.69) is 20.2 Å². The number of rotatable bonds is 6. The van der Waals surface area contributed by atoms with Crippen LogP contribution in [-0.4, -0.2) is 52.8 Å². The number of hydrogen-bond donors (Lipinski definition) is 1. The van der Waals surface area contributed by atoms with Crippen LogP contribution in [0.4, 0.5) is 5.13 Å². The molecule has 3 aromatic rings. The third kappa shape index (κ3) is 4.60. The molecule has 4 rings (SSSR count). The van der Waals surface area contributed by atoms with E-state index in [-0.39, 0.29) is 5.91 Å². The van der Waals surface area contributed by atoms with E-state index >= 15 is 0 Å². The Morgan fingerprint density at radius 2 is 2.12 bits per heavy atom. The zero-order valence-electron chi connectivity index (χ0n) is 14.0. The molecular weight excluding hydrogens is 388 g/mol. The van der Waals surface area contributed by atoms with Crippen molar-refractivity contribution in [3.63, 3.8) is 0 Å². The number of hydrogen-bond acceptors (Lipinski definition) is 8. The molecule has 0 spiro atoms. The van der Waals surface area contributed by atoms with Crippen LogP contribution in [0.3, 0.4) is 0 Å². The maximum Gasteiger partial charge on any atom is 0.236 e. The van der Waals surface area contributed by atoms with Gasteiger partial charge in [-0.25, -0.2) is 9.97 Å². The third-order valence-corrected chi connectivity index (χ3v) is 6.87. The number of para-hydroxylation sites is 1. The fourth-order valence-corrected chi connectivity index (χ4v) is 5.21. The summed E-state index contributed by atoms with van der Waals surface area (Å²) in [6.45, 7) is 4.21. The Morgan fingerprint density at radius 3 is 2.96 bits per heavy atom. The molecular formula is C17H18N4O2S3. The molecule has 0 atom stereocenters. The molecule has 1 aliphatic rings. The Kier molecular flexibility index (Phi) is 5.81. The van der Waals surface area contributed by atoms with Crippen LogP contribution in [-0.2, 0) is 16.1 Å². The van der Waals surface area contributed by atoms with Gasteiger partial charge in [0.05, 0.1) is 34.9 Å². The summed E-state index contributed by atoms with van der Waals surface area (Å²) in [6.07, 6.45) is 0. The molecule has 6 nitrogen and oxygen atoms in total. The van der Waals surface area contributed by atoms with E-state index in [1.165, 1.54) is 23.1 Å². The minimum Gasteiger partial charge on any atom is -0.379 e. The van der Waals surface area contributed by atoms with Crippen molar-refractivity contribution in [2.75, 3.05) is 37.4 Å². The van der Waals surface area contributed by atoms with Crippen molar-refractivity contribution in [3.8, 4) is 0 Å². The van der Waals surface area contributed by atoms with Crippen LogP contribution in [0, 0.1) is 0 Å². The largest absolute Gasteiger partial charge is 0.379 e. The first kappa shape index (κ1) is 17.9. The molecule has 0 radical (unpaired) electrons. The molecule has 1 aliphatic heterocycles. The SMILES string of the molecule is O=C(CSc1nc2ccccc2s1)Nc1nc(CN2CCOCC2)cs1. The van der Waals surface area contributed by atoms with Crippen LogP contribution in [0.25, 0.3) is 10.2 Å². The van der Waals surface area contributed by atoms with Gasteiger partial charge in [-0.15, -0.1) is 22.7 Å². The molecule has 3 heterocycles. The predicted octanol–water partition coefficient (Wildman–Crippen LogP) is 3.32. The fourth-order valence-electron chi connectivity index (χ4n) is 2.62. The van der Waals surface area contributed by atoms with E-state index in [1.54, 1.807) is 11.3 Å². The second kappa shape index (κ2) is 8.45. The molecule has 136 valence electrons. The molecule has 0 aliphatic carbocycles. The first-order chi connectivity index (χ1) is 12.8. The summed E-state index contributed by atoms with van der Waals surface area (Å²) in [5.41, 5.74) is 1.97. The monoisotopic (exact) mass is 406 g/mol. The van der Waals surface area contributed by atoms with Gasteiger partial charge in [0.25, 0.3) is 0 Å². The molecule has 26 heavy (non-hydrogen) atoms. The lowest BCUT2D eigenvalue weighted by Gasteiger charge is -2.25. The van der Waals surface area contributed by atoms with Crippen molar-refractivity contribution in [2.45, 2.75) is 10.9 Å². The highest BCUT2D eigenvalue weighted by atomic mass is 32.2. The number of thioether (sulfide) groups is 1. The average Bonchev–Trinajstić information content (AvgIpc) is 3.27. The van der Waals surface area contributed by atoms with Crippen LogP contribution in [0.1, 0.15) is 5.69 Å². The maximum atomic E-state index is 12.2. The number of thiazole rings is 2. The van der Waals surface area contributed by atoms with Crippen LogP contribution in [0.5, 0.6) is 0 Å². The van der Waals surface area contributed by atoms with Gasteiger partial charge in [0, 0.05) is 25.0 Å². The van der Waals surface area contributed by atoms with Crippen molar-refractivity contribution in [1.82, 2.24) is 14.9 Å². The third-order valence-electron chi connectivity index (χ3n) is 3.89. The topological polar surface area (TPSA) is 67.4 Å². The number of nitrogens with zero attached hydrogens (tertiary/aromatic N) is 3. The summed E-state index contributed by atoms with van der Waals surface area (Å²) in [4.78, 5) is 23.5. The summed E-state index contributed by atoms with van der Waals surface area (Å²) in [5.74, 6) is 0.277. The van der Waals surface area contributed by atoms with Gasteiger partial charge in [0.1, 0.15) is 0 Å². The number of benzene rings is 1. The minimum absolute atomic E-state index is 0.0541. The number of carbonyl (C=O) groups excluding carboxylic acids is 1. The quantitative estimate of drug-likeness (QED) is 0.634. The minimum atomic E-state index is -0.0541. The molecule has 1 aromatic carbocycles. The molecule has 1 amide bonds. The second-order valence-electron chi connectivity index (χ2n) is 5.82. The van der Waals surface area contributed by atoms with Crippen molar-refractivity contribution in [2.24, 2.45) is 0 Å². The Bertz CT molecular complexity index is 856. The lowest BCUT2D eigenvalue weighted by Crippen LogP contribution is -2.35. The van der Waals surface area contributed by atoms with Gasteiger partial charge in [-0.1, -0.05) is 23.9 Å². The highest BCUT2D eigenvalue weighted by Gasteiger charge is 2.14. The number of nitrogens with one attached hydrogen (secondary N) is 1. The molecule has 1 saturated heterocycles. The van der Waals surface area contributed by atoms with Gasteiger partial charge in [0.2, 0.25) is 5.91 Å². The van der Waals surface area contributed by atoms with E-state index in [0.717, 1.165) is 53.1 Å². The van der Waals surface area contributed by atoms with E-state index in [4.69, 9.17) is 4.74 Å². The molecule has 9 heteroatoms. The molecule has 0 unspecified atom stereocenters. The predicted molar refractivity (Wildman–Crippen MR) is 107 cm³/mol. The Morgan fingerprint density at radius 1 is 1.27 bits per heavy atom. The van der Waals surface area contributed by atoms with E-state index in [9.17, 15) is 4.79 Å². The van der Waals surface area contributed by atoms with Crippen molar-refractivity contribution < 1.29 is 9.53 Å². The van der Waals surface area contributed by atoms with E-state index < -0.39 is 0 Å². The summed E-state index contributed by atoms with van der Waals surface area (Å²) < 4.78 is 7.41. The molecule has 2 aromatic heterocycles. The number of anilines is 1. The van der Waals surface area contributed by atoms with Crippen molar-refractivity contribution in [3.05, 3.63) is 35.3 Å². The summed E-state index contributed by atoms with van der Waals surface area (Å²) >= 11 is 4.54. The smallest absolute Gasteiger partial charge is 0.236 e. The van der Waals surface area contributed by atoms with E-state index in [0.29, 0.717) is 10.9 Å². The lowest BCUT2D eigenvalue weighted by atomic mass is 10.3. The molecule has 0 bridgehead atoms. The summed E-state index contributed by atoms with van der Waals surface area (Å²) in [7, 11) is 0. The summed E-state index contributed by atoms with van der Waals surface area (Å²) in [6, 6.07) is 8.00. The van der Waals surface area contributed by atoms with Gasteiger partial charge < -0.3 is 10.1 Å². The number of amides is 1. The van der Waals surface area contributed by atoms with Gasteiger partial charge in [-0.05, 0) is 12.1 Å². The number of aromatic nitrogens is 2. The number of carbonyl (C=O) groups is 1. The molecule has 1 N–H and O–H groups in total.